The first kappa shape index (κ1) is 21.9. The molecule has 0 saturated carbocycles. The van der Waals surface area contributed by atoms with Crippen LogP contribution in [0.1, 0.15) is 53.5 Å². The number of carbonyl (C=O) groups excluding carboxylic acids is 3. The smallest absolute Gasteiger partial charge is 0.319 e. The minimum absolute atomic E-state index is 0.0236. The van der Waals surface area contributed by atoms with Gasteiger partial charge in [-0.15, -0.1) is 0 Å². The molecule has 0 bridgehead atoms. The first-order chi connectivity index (χ1) is 14.6. The third kappa shape index (κ3) is 4.88. The van der Waals surface area contributed by atoms with Gasteiger partial charge in [0.15, 0.2) is 0 Å². The number of hydrogen-bond donors (Lipinski definition) is 2. The van der Waals surface area contributed by atoms with Crippen molar-refractivity contribution in [3.63, 3.8) is 0 Å². The second kappa shape index (κ2) is 8.55. The summed E-state index contributed by atoms with van der Waals surface area (Å²) in [7, 11) is 0. The molecule has 0 atom stereocenters. The molecule has 1 aliphatic heterocycles. The summed E-state index contributed by atoms with van der Waals surface area (Å²) in [4.78, 5) is 48.2. The number of nitro benzene ring substituents is 1. The highest BCUT2D eigenvalue weighted by Crippen LogP contribution is 2.27. The first-order valence-electron chi connectivity index (χ1n) is 9.88. The van der Waals surface area contributed by atoms with Crippen LogP contribution in [0.3, 0.4) is 0 Å². The Balaban J connectivity index is 1.48. The lowest BCUT2D eigenvalue weighted by atomic mass is 9.87. The summed E-state index contributed by atoms with van der Waals surface area (Å²) in [6.45, 7) is 6.67. The quantitative estimate of drug-likeness (QED) is 0.317. The van der Waals surface area contributed by atoms with Gasteiger partial charge in [0.1, 0.15) is 0 Å². The van der Waals surface area contributed by atoms with Crippen LogP contribution >= 0.6 is 0 Å². The maximum atomic E-state index is 12.4. The molecular formula is C22H24N4O5. The highest BCUT2D eigenvalue weighted by Gasteiger charge is 2.36. The lowest BCUT2D eigenvalue weighted by Crippen LogP contribution is -2.35. The van der Waals surface area contributed by atoms with E-state index in [1.807, 2.05) is 24.3 Å². The summed E-state index contributed by atoms with van der Waals surface area (Å²) in [5.41, 5.74) is 1.78. The van der Waals surface area contributed by atoms with E-state index in [-0.39, 0.29) is 41.3 Å². The van der Waals surface area contributed by atoms with Crippen LogP contribution in [-0.2, 0) is 5.41 Å². The van der Waals surface area contributed by atoms with Crippen molar-refractivity contribution in [2.75, 3.05) is 18.4 Å². The summed E-state index contributed by atoms with van der Waals surface area (Å²) in [5, 5.41) is 16.3. The second-order valence-corrected chi connectivity index (χ2v) is 8.31. The number of amides is 4. The van der Waals surface area contributed by atoms with Crippen LogP contribution in [-0.4, -0.2) is 40.8 Å². The summed E-state index contributed by atoms with van der Waals surface area (Å²) in [5.74, 6) is -1.05. The van der Waals surface area contributed by atoms with E-state index >= 15 is 0 Å². The lowest BCUT2D eigenvalue weighted by Gasteiger charge is -2.19. The van der Waals surface area contributed by atoms with Gasteiger partial charge in [-0.2, -0.15) is 0 Å². The third-order valence-corrected chi connectivity index (χ3v) is 5.02. The number of rotatable bonds is 6. The van der Waals surface area contributed by atoms with Crippen LogP contribution in [0.2, 0.25) is 0 Å². The Morgan fingerprint density at radius 2 is 1.68 bits per heavy atom. The van der Waals surface area contributed by atoms with E-state index in [0.29, 0.717) is 12.1 Å². The zero-order valence-electron chi connectivity index (χ0n) is 17.6. The van der Waals surface area contributed by atoms with Crippen molar-refractivity contribution in [3.05, 3.63) is 69.3 Å². The molecule has 2 N–H and O–H groups in total. The van der Waals surface area contributed by atoms with Crippen molar-refractivity contribution < 1.29 is 19.3 Å². The van der Waals surface area contributed by atoms with Crippen molar-refractivity contribution >= 4 is 29.2 Å². The number of fused-ring (bicyclic) bond motifs is 1. The maximum Gasteiger partial charge on any atom is 0.319 e. The zero-order chi connectivity index (χ0) is 22.8. The molecule has 3 rings (SSSR count). The zero-order valence-corrected chi connectivity index (χ0v) is 17.6. The van der Waals surface area contributed by atoms with Crippen molar-refractivity contribution in [1.82, 2.24) is 10.2 Å². The Morgan fingerprint density at radius 1 is 1.03 bits per heavy atom. The van der Waals surface area contributed by atoms with E-state index in [1.165, 1.54) is 12.1 Å². The summed E-state index contributed by atoms with van der Waals surface area (Å²) in [6, 6.07) is 10.8. The van der Waals surface area contributed by atoms with E-state index < -0.39 is 16.7 Å². The predicted molar refractivity (Wildman–Crippen MR) is 115 cm³/mol. The number of nitrogens with one attached hydrogen (secondary N) is 2. The van der Waals surface area contributed by atoms with Crippen LogP contribution < -0.4 is 10.6 Å². The molecule has 1 aliphatic rings. The van der Waals surface area contributed by atoms with Crippen LogP contribution in [0, 0.1) is 10.1 Å². The van der Waals surface area contributed by atoms with E-state index in [9.17, 15) is 24.5 Å². The van der Waals surface area contributed by atoms with Crippen molar-refractivity contribution in [3.8, 4) is 0 Å². The SMILES string of the molecule is CC(C)(C)c1ccc(NC(=O)NCCCN2C(=O)c3ccc([N+](=O)[O-])cc3C2=O)cc1. The van der Waals surface area contributed by atoms with Gasteiger partial charge in [-0.05, 0) is 35.6 Å². The number of nitrogens with zero attached hydrogens (tertiary/aromatic N) is 2. The second-order valence-electron chi connectivity index (χ2n) is 8.31. The van der Waals surface area contributed by atoms with E-state index in [2.05, 4.69) is 31.4 Å². The molecule has 1 heterocycles. The fraction of sp³-hybridized carbons (Fsp3) is 0.318. The Bertz CT molecular complexity index is 1040. The Morgan fingerprint density at radius 3 is 2.29 bits per heavy atom. The molecular weight excluding hydrogens is 400 g/mol. The highest BCUT2D eigenvalue weighted by molar-refractivity contribution is 6.21. The normalized spacial score (nSPS) is 13.2. The van der Waals surface area contributed by atoms with Gasteiger partial charge in [-0.3, -0.25) is 24.6 Å². The average molecular weight is 424 g/mol. The predicted octanol–water partition coefficient (Wildman–Crippen LogP) is 3.70. The third-order valence-electron chi connectivity index (χ3n) is 5.02. The number of hydrogen-bond acceptors (Lipinski definition) is 5. The molecule has 0 aliphatic carbocycles. The van der Waals surface area contributed by atoms with Crippen molar-refractivity contribution in [1.29, 1.82) is 0 Å². The average Bonchev–Trinajstić information content (AvgIpc) is 2.95. The van der Waals surface area contributed by atoms with Crippen LogP contribution in [0.5, 0.6) is 0 Å². The van der Waals surface area contributed by atoms with E-state index in [4.69, 9.17) is 0 Å². The molecule has 2 aromatic rings. The minimum atomic E-state index is -0.611. The molecule has 2 aromatic carbocycles. The van der Waals surface area contributed by atoms with Gasteiger partial charge in [0.25, 0.3) is 17.5 Å². The van der Waals surface area contributed by atoms with Gasteiger partial charge in [-0.25, -0.2) is 4.79 Å². The van der Waals surface area contributed by atoms with Crippen LogP contribution in [0.4, 0.5) is 16.2 Å². The molecule has 162 valence electrons. The summed E-state index contributed by atoms with van der Waals surface area (Å²) < 4.78 is 0. The maximum absolute atomic E-state index is 12.4. The van der Waals surface area contributed by atoms with Gasteiger partial charge >= 0.3 is 6.03 Å². The molecule has 0 fully saturated rings. The number of anilines is 1. The summed E-state index contributed by atoms with van der Waals surface area (Å²) >= 11 is 0. The molecule has 4 amide bonds. The Kier molecular flexibility index (Phi) is 6.05. The minimum Gasteiger partial charge on any atom is -0.338 e. The molecule has 0 unspecified atom stereocenters. The highest BCUT2D eigenvalue weighted by atomic mass is 16.6. The number of carbonyl (C=O) groups is 3. The number of nitro groups is 1. The monoisotopic (exact) mass is 424 g/mol. The van der Waals surface area contributed by atoms with Gasteiger partial charge in [-0.1, -0.05) is 32.9 Å². The van der Waals surface area contributed by atoms with Crippen molar-refractivity contribution in [2.24, 2.45) is 0 Å². The van der Waals surface area contributed by atoms with Gasteiger partial charge in [0.05, 0.1) is 16.1 Å². The van der Waals surface area contributed by atoms with Crippen LogP contribution in [0.15, 0.2) is 42.5 Å². The summed E-state index contributed by atoms with van der Waals surface area (Å²) in [6.07, 6.45) is 0.351. The molecule has 9 nitrogen and oxygen atoms in total. The number of imide groups is 1. The first-order valence-corrected chi connectivity index (χ1v) is 9.88. The lowest BCUT2D eigenvalue weighted by molar-refractivity contribution is -0.384. The molecule has 0 aromatic heterocycles. The largest absolute Gasteiger partial charge is 0.338 e. The molecule has 9 heteroatoms. The standard InChI is InChI=1S/C22H24N4O5/c1-22(2,3)14-5-7-15(8-6-14)24-21(29)23-11-4-12-25-19(27)17-10-9-16(26(30)31)13-18(17)20(25)28/h5-10,13H,4,11-12H2,1-3H3,(H2,23,24,29). The molecule has 31 heavy (non-hydrogen) atoms. The molecule has 0 saturated heterocycles. The number of urea groups is 1. The number of non-ortho nitro benzene ring substituents is 1. The number of benzene rings is 2. The van der Waals surface area contributed by atoms with E-state index in [1.54, 1.807) is 0 Å². The van der Waals surface area contributed by atoms with Crippen molar-refractivity contribution in [2.45, 2.75) is 32.6 Å². The molecule has 0 spiro atoms. The van der Waals surface area contributed by atoms with Gasteiger partial charge in [0.2, 0.25) is 0 Å². The Hall–Kier alpha value is -3.75. The van der Waals surface area contributed by atoms with E-state index in [0.717, 1.165) is 16.5 Å². The molecule has 0 radical (unpaired) electrons. The Labute approximate surface area is 179 Å². The topological polar surface area (TPSA) is 122 Å². The van der Waals surface area contributed by atoms with Crippen LogP contribution in [0.25, 0.3) is 0 Å². The van der Waals surface area contributed by atoms with Gasteiger partial charge < -0.3 is 10.6 Å². The fourth-order valence-corrected chi connectivity index (χ4v) is 3.26. The fourth-order valence-electron chi connectivity index (χ4n) is 3.26. The van der Waals surface area contributed by atoms with Gasteiger partial charge in [0, 0.05) is 30.9 Å².